The first-order valence-corrected chi connectivity index (χ1v) is 12.3. The molecule has 0 heterocycles. The number of carbonyl (C=O) groups is 3. The second-order valence-corrected chi connectivity index (χ2v) is 8.52. The minimum atomic E-state index is -3.29. The third kappa shape index (κ3) is 10.2. The number of rotatable bonds is 13. The summed E-state index contributed by atoms with van der Waals surface area (Å²) in [5, 5.41) is 0. The van der Waals surface area contributed by atoms with Crippen LogP contribution in [0.25, 0.3) is 6.08 Å². The van der Waals surface area contributed by atoms with E-state index in [9.17, 15) is 27.6 Å². The standard InChI is InChI=1S/C29H27F3N2O7/c30-26(31)27(32)40-23-10-6-19(7-11-23)29(37)41-24-8-3-18(4-9-24)5-12-25(35)38-13-1-2-14-39-28(36)20-15-21(33)17-22(34)16-20/h3-12,15-17,26-27H,1-2,13-14,33-34H2/b12-5+. The number of nitrogen functional groups attached to an aromatic ring is 2. The molecule has 1 unspecified atom stereocenters. The van der Waals surface area contributed by atoms with Crippen LogP contribution in [0.15, 0.2) is 72.8 Å². The fourth-order valence-corrected chi connectivity index (χ4v) is 3.30. The lowest BCUT2D eigenvalue weighted by molar-refractivity contribution is -0.137. The molecule has 4 N–H and O–H groups in total. The molecule has 0 aliphatic heterocycles. The van der Waals surface area contributed by atoms with Crippen LogP contribution >= 0.6 is 0 Å². The number of nitrogens with two attached hydrogens (primary N) is 2. The predicted molar refractivity (Wildman–Crippen MR) is 144 cm³/mol. The van der Waals surface area contributed by atoms with Crippen LogP contribution in [0.3, 0.4) is 0 Å². The van der Waals surface area contributed by atoms with Gasteiger partial charge in [-0.3, -0.25) is 0 Å². The van der Waals surface area contributed by atoms with Crippen molar-refractivity contribution in [3.8, 4) is 11.5 Å². The fraction of sp³-hybridized carbons (Fsp3) is 0.207. The van der Waals surface area contributed by atoms with Gasteiger partial charge in [-0.15, -0.1) is 0 Å². The molecule has 41 heavy (non-hydrogen) atoms. The smallest absolute Gasteiger partial charge is 0.343 e. The van der Waals surface area contributed by atoms with Crippen LogP contribution in [0.5, 0.6) is 11.5 Å². The second-order valence-electron chi connectivity index (χ2n) is 8.52. The summed E-state index contributed by atoms with van der Waals surface area (Å²) >= 11 is 0. The zero-order valence-electron chi connectivity index (χ0n) is 21.6. The second kappa shape index (κ2) is 15.0. The van der Waals surface area contributed by atoms with E-state index in [1.165, 1.54) is 66.7 Å². The molecule has 0 bridgehead atoms. The summed E-state index contributed by atoms with van der Waals surface area (Å²) in [5.74, 6) is -1.77. The number of anilines is 2. The lowest BCUT2D eigenvalue weighted by Gasteiger charge is -2.10. The largest absolute Gasteiger partial charge is 0.463 e. The number of esters is 3. The van der Waals surface area contributed by atoms with Gasteiger partial charge in [0, 0.05) is 17.5 Å². The van der Waals surface area contributed by atoms with Crippen molar-refractivity contribution in [2.45, 2.75) is 25.6 Å². The molecule has 3 rings (SSSR count). The molecule has 0 saturated heterocycles. The summed E-state index contributed by atoms with van der Waals surface area (Å²) in [6.45, 7) is 0.271. The van der Waals surface area contributed by atoms with Gasteiger partial charge in [-0.05, 0) is 79.1 Å². The number of hydrogen-bond donors (Lipinski definition) is 2. The molecular formula is C29H27F3N2O7. The van der Waals surface area contributed by atoms with E-state index in [4.69, 9.17) is 25.7 Å². The summed E-state index contributed by atoms with van der Waals surface area (Å²) < 4.78 is 57.3. The number of unbranched alkanes of at least 4 members (excludes halogenated alkanes) is 1. The molecule has 0 aliphatic carbocycles. The minimum absolute atomic E-state index is 0.0984. The Hall–Kier alpha value is -5.00. The monoisotopic (exact) mass is 572 g/mol. The van der Waals surface area contributed by atoms with Crippen LogP contribution < -0.4 is 20.9 Å². The van der Waals surface area contributed by atoms with Crippen LogP contribution in [0.2, 0.25) is 0 Å². The summed E-state index contributed by atoms with van der Waals surface area (Å²) in [6, 6.07) is 15.6. The summed E-state index contributed by atoms with van der Waals surface area (Å²) in [7, 11) is 0. The van der Waals surface area contributed by atoms with Gasteiger partial charge in [-0.2, -0.15) is 4.39 Å². The van der Waals surface area contributed by atoms with Crippen molar-refractivity contribution < 1.29 is 46.5 Å². The maximum atomic E-state index is 13.0. The Labute approximate surface area is 233 Å². The first kappa shape index (κ1) is 30.5. The first-order valence-electron chi connectivity index (χ1n) is 12.3. The molecule has 0 aromatic heterocycles. The molecule has 0 spiro atoms. The van der Waals surface area contributed by atoms with Gasteiger partial charge in [-0.1, -0.05) is 12.1 Å². The van der Waals surface area contributed by atoms with Gasteiger partial charge in [0.25, 0.3) is 6.36 Å². The average molecular weight is 573 g/mol. The SMILES string of the molecule is Nc1cc(N)cc(C(=O)OCCCCOC(=O)/C=C/c2ccc(OC(=O)c3ccc(OC(F)C(F)F)cc3)cc2)c1. The maximum absolute atomic E-state index is 13.0. The lowest BCUT2D eigenvalue weighted by atomic mass is 10.2. The summed E-state index contributed by atoms with van der Waals surface area (Å²) in [6.07, 6.45) is -2.34. The molecule has 0 fully saturated rings. The van der Waals surface area contributed by atoms with E-state index in [0.29, 0.717) is 29.8 Å². The van der Waals surface area contributed by atoms with Crippen molar-refractivity contribution in [1.29, 1.82) is 0 Å². The Bertz CT molecular complexity index is 1340. The van der Waals surface area contributed by atoms with Gasteiger partial charge < -0.3 is 30.4 Å². The highest BCUT2D eigenvalue weighted by Crippen LogP contribution is 2.20. The van der Waals surface area contributed by atoms with E-state index in [0.717, 1.165) is 0 Å². The lowest BCUT2D eigenvalue weighted by Crippen LogP contribution is -2.19. The van der Waals surface area contributed by atoms with Crippen LogP contribution in [0, 0.1) is 0 Å². The number of ether oxygens (including phenoxy) is 4. The van der Waals surface area contributed by atoms with E-state index < -0.39 is 30.7 Å². The molecule has 1 atom stereocenters. The molecule has 3 aromatic carbocycles. The number of hydrogen-bond acceptors (Lipinski definition) is 9. The molecule has 12 heteroatoms. The molecule has 0 aliphatic rings. The maximum Gasteiger partial charge on any atom is 0.343 e. The van der Waals surface area contributed by atoms with Crippen molar-refractivity contribution in [3.63, 3.8) is 0 Å². The van der Waals surface area contributed by atoms with Crippen molar-refractivity contribution in [1.82, 2.24) is 0 Å². The highest BCUT2D eigenvalue weighted by Gasteiger charge is 2.21. The van der Waals surface area contributed by atoms with Crippen molar-refractivity contribution in [2.75, 3.05) is 24.7 Å². The molecule has 0 amide bonds. The highest BCUT2D eigenvalue weighted by atomic mass is 19.3. The Morgan fingerprint density at radius 3 is 1.93 bits per heavy atom. The van der Waals surface area contributed by atoms with Crippen LogP contribution in [0.4, 0.5) is 24.5 Å². The molecule has 0 radical (unpaired) electrons. The average Bonchev–Trinajstić information content (AvgIpc) is 2.94. The first-order chi connectivity index (χ1) is 19.6. The van der Waals surface area contributed by atoms with E-state index in [1.807, 2.05) is 0 Å². The Morgan fingerprint density at radius 2 is 1.32 bits per heavy atom. The highest BCUT2D eigenvalue weighted by molar-refractivity contribution is 5.92. The van der Waals surface area contributed by atoms with Crippen molar-refractivity contribution in [3.05, 3.63) is 89.5 Å². The molecule has 216 valence electrons. The Balaban J connectivity index is 1.35. The van der Waals surface area contributed by atoms with E-state index in [2.05, 4.69) is 4.74 Å². The van der Waals surface area contributed by atoms with Gasteiger partial charge in [0.2, 0.25) is 0 Å². The van der Waals surface area contributed by atoms with Crippen molar-refractivity contribution in [2.24, 2.45) is 0 Å². The Kier molecular flexibility index (Phi) is 11.1. The number of halogens is 3. The number of alkyl halides is 3. The topological polar surface area (TPSA) is 140 Å². The normalized spacial score (nSPS) is 11.7. The summed E-state index contributed by atoms with van der Waals surface area (Å²) in [5.41, 5.74) is 13.0. The third-order valence-corrected chi connectivity index (χ3v) is 5.27. The zero-order valence-corrected chi connectivity index (χ0v) is 21.6. The van der Waals surface area contributed by atoms with Gasteiger partial charge in [0.05, 0.1) is 24.3 Å². The molecular weight excluding hydrogens is 545 g/mol. The van der Waals surface area contributed by atoms with Crippen LogP contribution in [-0.2, 0) is 14.3 Å². The minimum Gasteiger partial charge on any atom is -0.463 e. The van der Waals surface area contributed by atoms with Gasteiger partial charge >= 0.3 is 24.3 Å². The van der Waals surface area contributed by atoms with E-state index in [1.54, 1.807) is 12.1 Å². The zero-order chi connectivity index (χ0) is 29.8. The third-order valence-electron chi connectivity index (χ3n) is 5.27. The predicted octanol–water partition coefficient (Wildman–Crippen LogP) is 5.20. The summed E-state index contributed by atoms with van der Waals surface area (Å²) in [4.78, 5) is 36.2. The molecule has 0 saturated carbocycles. The quantitative estimate of drug-likeness (QED) is 0.0929. The molecule has 3 aromatic rings. The van der Waals surface area contributed by atoms with E-state index >= 15 is 0 Å². The molecule has 9 nitrogen and oxygen atoms in total. The number of benzene rings is 3. The van der Waals surface area contributed by atoms with E-state index in [-0.39, 0.29) is 35.8 Å². The van der Waals surface area contributed by atoms with Crippen LogP contribution in [0.1, 0.15) is 39.1 Å². The van der Waals surface area contributed by atoms with Crippen LogP contribution in [-0.4, -0.2) is 43.9 Å². The Morgan fingerprint density at radius 1 is 0.732 bits per heavy atom. The van der Waals surface area contributed by atoms with Gasteiger partial charge in [0.15, 0.2) is 0 Å². The van der Waals surface area contributed by atoms with Gasteiger partial charge in [-0.25, -0.2) is 23.2 Å². The number of carbonyl (C=O) groups excluding carboxylic acids is 3. The van der Waals surface area contributed by atoms with Gasteiger partial charge in [0.1, 0.15) is 11.5 Å². The van der Waals surface area contributed by atoms with Crippen molar-refractivity contribution >= 4 is 35.4 Å². The fourth-order valence-electron chi connectivity index (χ4n) is 3.30.